The van der Waals surface area contributed by atoms with Crippen LogP contribution in [0.5, 0.6) is 0 Å². The number of carbonyl (C=O) groups is 1. The third-order valence-electron chi connectivity index (χ3n) is 0.167. The molecule has 0 rings (SSSR count). The Morgan fingerprint density at radius 2 is 1.27 bits per heavy atom. The van der Waals surface area contributed by atoms with E-state index in [1.54, 1.807) is 0 Å². The average molecular weight is 276 g/mol. The second-order valence-electron chi connectivity index (χ2n) is 1.10. The summed E-state index contributed by atoms with van der Waals surface area (Å²) in [5, 5.41) is 0. The van der Waals surface area contributed by atoms with Gasteiger partial charge in [-0.25, -0.2) is 0 Å². The van der Waals surface area contributed by atoms with Gasteiger partial charge >= 0.3 is 40.0 Å². The van der Waals surface area contributed by atoms with Gasteiger partial charge in [0.1, 0.15) is 6.79 Å². The quantitative estimate of drug-likeness (QED) is 0.177. The van der Waals surface area contributed by atoms with Crippen molar-refractivity contribution in [2.24, 2.45) is 11.5 Å². The Labute approximate surface area is 115 Å². The number of nitrogens with two attached hydrogens (primary N) is 2. The first-order valence-electron chi connectivity index (χ1n) is 2.65. The molecule has 7 N–H and O–H groups in total. The van der Waals surface area contributed by atoms with E-state index in [4.69, 9.17) is 42.9 Å². The fourth-order valence-corrected chi connectivity index (χ4v) is 0. The van der Waals surface area contributed by atoms with E-state index < -0.39 is 22.7 Å². The Balaban J connectivity index is -0.0000000305. The van der Waals surface area contributed by atoms with Crippen molar-refractivity contribution < 1.29 is 61.0 Å². The molecule has 0 radical (unpaired) electrons. The van der Waals surface area contributed by atoms with Crippen LogP contribution >= 0.6 is 12.3 Å². The van der Waals surface area contributed by atoms with Gasteiger partial charge in [-0.05, 0) is 0 Å². The van der Waals surface area contributed by atoms with Crippen LogP contribution in [0.25, 0.3) is 0 Å². The van der Waals surface area contributed by atoms with E-state index in [-0.39, 0.29) is 29.6 Å². The fraction of sp³-hybridized carbons (Fsp3) is 0.667. The summed E-state index contributed by atoms with van der Waals surface area (Å²) in [6.07, 6.45) is 0. The minimum atomic E-state index is -4.67. The van der Waals surface area contributed by atoms with E-state index in [1.807, 2.05) is 6.79 Å². The van der Waals surface area contributed by atoms with Gasteiger partial charge in [0.25, 0.3) is 0 Å². The van der Waals surface area contributed by atoms with Crippen molar-refractivity contribution >= 4 is 29.5 Å². The number of hydrogen-bond donors (Lipinski definition) is 5. The molecule has 90 valence electrons. The van der Waals surface area contributed by atoms with Crippen molar-refractivity contribution in [1.82, 2.24) is 0 Å². The Bertz CT molecular complexity index is 156. The molecule has 0 spiro atoms. The maximum absolute atomic E-state index is 8.74. The summed E-state index contributed by atoms with van der Waals surface area (Å²) in [6.45, 7) is 3.19. The van der Waals surface area contributed by atoms with Gasteiger partial charge in [0.2, 0.25) is 0 Å². The fourth-order valence-electron chi connectivity index (χ4n) is 0. The van der Waals surface area contributed by atoms with Gasteiger partial charge in [-0.3, -0.25) is 9.11 Å². The molecule has 0 aliphatic carbocycles. The van der Waals surface area contributed by atoms with Crippen molar-refractivity contribution in [2.75, 3.05) is 13.1 Å². The van der Waals surface area contributed by atoms with E-state index >= 15 is 0 Å². The van der Waals surface area contributed by atoms with Crippen LogP contribution in [0.1, 0.15) is 0 Å². The summed E-state index contributed by atoms with van der Waals surface area (Å²) in [4.78, 5) is 8.00. The molecular weight excluding hydrogens is 263 g/mol. The van der Waals surface area contributed by atoms with Crippen LogP contribution in [-0.2, 0) is 15.2 Å². The predicted octanol–water partition coefficient (Wildman–Crippen LogP) is -4.61. The summed E-state index contributed by atoms with van der Waals surface area (Å²) in [6, 6.07) is 0. The van der Waals surface area contributed by atoms with Crippen LogP contribution < -0.4 is 41.0 Å². The van der Waals surface area contributed by atoms with E-state index in [0.29, 0.717) is 13.1 Å². The summed E-state index contributed by atoms with van der Waals surface area (Å²) >= 11 is -0.500. The second kappa shape index (κ2) is 29.3. The van der Waals surface area contributed by atoms with Crippen LogP contribution in [0.3, 0.4) is 0 Å². The zero-order valence-electron chi connectivity index (χ0n) is 8.07. The zero-order chi connectivity index (χ0) is 12.6. The standard InChI is InChI=1S/C2H8N2.CH2O.Na.H2O4S.H2O2S/c3-1-2-4;1-2;;1-5(2,3)4;1-3-2/h1-4H2;1H2;;(H2,1,2,3,4);1-2H/q;;+1;;/p-1. The largest absolute Gasteiger partial charge is 1.00 e. The summed E-state index contributed by atoms with van der Waals surface area (Å²) in [7, 11) is -4.67. The van der Waals surface area contributed by atoms with Crippen molar-refractivity contribution in [3.8, 4) is 0 Å². The first-order valence-corrected chi connectivity index (χ1v) is 4.75. The maximum Gasteiger partial charge on any atom is 1.00 e. The molecule has 0 aromatic heterocycles. The molecule has 0 saturated heterocycles. The monoisotopic (exact) mass is 276 g/mol. The van der Waals surface area contributed by atoms with Crippen LogP contribution in [0.4, 0.5) is 0 Å². The first kappa shape index (κ1) is 29.6. The Kier molecular flexibility index (Phi) is 58.0. The van der Waals surface area contributed by atoms with Crippen molar-refractivity contribution in [1.29, 1.82) is 0 Å². The Morgan fingerprint density at radius 1 is 1.20 bits per heavy atom. The van der Waals surface area contributed by atoms with Gasteiger partial charge in [0.05, 0.1) is 0 Å². The smallest absolute Gasteiger partial charge is 0.776 e. The van der Waals surface area contributed by atoms with Gasteiger partial charge in [-0.1, -0.05) is 0 Å². The van der Waals surface area contributed by atoms with Crippen molar-refractivity contribution in [3.05, 3.63) is 0 Å². The van der Waals surface area contributed by atoms with Gasteiger partial charge < -0.3 is 25.4 Å². The molecule has 0 heterocycles. The SMILES string of the molecule is C=O.NCCN.O=S(=O)(O)O.[Na+].[O-]SO. The molecule has 0 saturated carbocycles. The van der Waals surface area contributed by atoms with E-state index in [1.165, 1.54) is 0 Å². The van der Waals surface area contributed by atoms with E-state index in [9.17, 15) is 0 Å². The molecular formula is C3H13N2NaO7S2. The minimum absolute atomic E-state index is 0. The van der Waals surface area contributed by atoms with Gasteiger partial charge in [0.15, 0.2) is 0 Å². The summed E-state index contributed by atoms with van der Waals surface area (Å²) in [5.74, 6) is 0. The predicted molar refractivity (Wildman–Crippen MR) is 50.4 cm³/mol. The average Bonchev–Trinajstić information content (AvgIpc) is 2.06. The third-order valence-corrected chi connectivity index (χ3v) is 0.167. The van der Waals surface area contributed by atoms with Crippen molar-refractivity contribution in [3.63, 3.8) is 0 Å². The second-order valence-corrected chi connectivity index (χ2v) is 2.14. The summed E-state index contributed by atoms with van der Waals surface area (Å²) < 4.78 is 46.9. The van der Waals surface area contributed by atoms with E-state index in [0.717, 1.165) is 0 Å². The molecule has 0 bridgehead atoms. The number of carbonyl (C=O) groups excluding carboxylic acids is 1. The topological polar surface area (TPSA) is 187 Å². The van der Waals surface area contributed by atoms with Gasteiger partial charge in [-0.2, -0.15) is 8.42 Å². The Hall–Kier alpha value is 0.730. The summed E-state index contributed by atoms with van der Waals surface area (Å²) in [5.41, 5.74) is 9.81. The molecule has 9 nitrogen and oxygen atoms in total. The molecule has 0 amide bonds. The molecule has 0 unspecified atom stereocenters. The van der Waals surface area contributed by atoms with Crippen molar-refractivity contribution in [2.45, 2.75) is 0 Å². The maximum atomic E-state index is 8.74. The normalized spacial score (nSPS) is 7.33. The molecule has 0 aromatic carbocycles. The minimum Gasteiger partial charge on any atom is -0.776 e. The molecule has 0 aliphatic heterocycles. The molecule has 0 aromatic rings. The third kappa shape index (κ3) is 798. The van der Waals surface area contributed by atoms with Crippen LogP contribution in [0, 0.1) is 0 Å². The number of rotatable bonds is 1. The number of hydrogen-bond acceptors (Lipinski definition) is 8. The molecule has 0 fully saturated rings. The van der Waals surface area contributed by atoms with Crippen LogP contribution in [-0.4, -0.2) is 46.5 Å². The van der Waals surface area contributed by atoms with Gasteiger partial charge in [0, 0.05) is 13.1 Å². The first-order chi connectivity index (χ1) is 6.33. The molecule has 0 aliphatic rings. The van der Waals surface area contributed by atoms with Crippen LogP contribution in [0.15, 0.2) is 0 Å². The van der Waals surface area contributed by atoms with E-state index in [2.05, 4.69) is 0 Å². The van der Waals surface area contributed by atoms with Gasteiger partial charge in [-0.15, -0.1) is 12.3 Å². The Morgan fingerprint density at radius 3 is 1.27 bits per heavy atom. The van der Waals surface area contributed by atoms with Crippen LogP contribution in [0.2, 0.25) is 0 Å². The molecule has 0 atom stereocenters. The zero-order valence-corrected chi connectivity index (χ0v) is 11.7. The molecule has 12 heteroatoms. The molecule has 15 heavy (non-hydrogen) atoms.